The monoisotopic (exact) mass is 271 g/mol. The van der Waals surface area contributed by atoms with E-state index in [1.165, 1.54) is 0 Å². The van der Waals surface area contributed by atoms with Crippen LogP contribution in [0.5, 0.6) is 0 Å². The first-order valence-corrected chi connectivity index (χ1v) is 6.52. The molecular formula is C10H14ClN5S. The molecule has 17 heavy (non-hydrogen) atoms. The Morgan fingerprint density at radius 1 is 1.65 bits per heavy atom. The number of hydrogen-bond donors (Lipinski definition) is 2. The number of aromatic nitrogens is 3. The maximum Gasteiger partial charge on any atom is 0.100 e. The van der Waals surface area contributed by atoms with Crippen LogP contribution in [0.3, 0.4) is 0 Å². The molecule has 0 aromatic carbocycles. The van der Waals surface area contributed by atoms with Gasteiger partial charge in [-0.15, -0.1) is 11.3 Å². The number of nitrogens with zero attached hydrogens (tertiary/aromatic N) is 3. The topological polar surface area (TPSA) is 68.8 Å². The largest absolute Gasteiger partial charge is 0.270 e. The van der Waals surface area contributed by atoms with Crippen molar-refractivity contribution in [1.29, 1.82) is 0 Å². The van der Waals surface area contributed by atoms with Gasteiger partial charge in [0.1, 0.15) is 6.04 Å². The third kappa shape index (κ3) is 2.21. The maximum absolute atomic E-state index is 6.17. The standard InChI is InChI=1S/C10H14ClN5S/c1-3-16-9(7(11)4-14-16)8(15-12)10-6(2)13-5-17-10/h4-5,8,15H,3,12H2,1-2H3. The van der Waals surface area contributed by atoms with Gasteiger partial charge in [-0.05, 0) is 13.8 Å². The van der Waals surface area contributed by atoms with Crippen LogP contribution in [0.15, 0.2) is 11.7 Å². The van der Waals surface area contributed by atoms with Crippen LogP contribution < -0.4 is 11.3 Å². The normalized spacial score (nSPS) is 12.9. The Labute approximate surface area is 109 Å². The van der Waals surface area contributed by atoms with E-state index < -0.39 is 0 Å². The van der Waals surface area contributed by atoms with Gasteiger partial charge in [-0.3, -0.25) is 10.5 Å². The molecule has 1 unspecified atom stereocenters. The summed E-state index contributed by atoms with van der Waals surface area (Å²) in [6.45, 7) is 4.72. The number of rotatable bonds is 4. The van der Waals surface area contributed by atoms with Crippen molar-refractivity contribution >= 4 is 22.9 Å². The average Bonchev–Trinajstić information content (AvgIpc) is 2.89. The highest BCUT2D eigenvalue weighted by Crippen LogP contribution is 2.31. The summed E-state index contributed by atoms with van der Waals surface area (Å²) < 4.78 is 1.84. The molecule has 2 rings (SSSR count). The SMILES string of the molecule is CCn1ncc(Cl)c1C(NN)c1scnc1C. The lowest BCUT2D eigenvalue weighted by atomic mass is 10.1. The van der Waals surface area contributed by atoms with E-state index in [9.17, 15) is 0 Å². The Balaban J connectivity index is 2.49. The summed E-state index contributed by atoms with van der Waals surface area (Å²) in [5.41, 5.74) is 6.42. The first-order valence-electron chi connectivity index (χ1n) is 5.26. The van der Waals surface area contributed by atoms with Crippen LogP contribution in [0.2, 0.25) is 5.02 Å². The van der Waals surface area contributed by atoms with Crippen molar-refractivity contribution in [2.45, 2.75) is 26.4 Å². The van der Waals surface area contributed by atoms with E-state index in [4.69, 9.17) is 17.4 Å². The zero-order valence-electron chi connectivity index (χ0n) is 9.64. The molecule has 0 aliphatic carbocycles. The van der Waals surface area contributed by atoms with Crippen molar-refractivity contribution < 1.29 is 0 Å². The van der Waals surface area contributed by atoms with E-state index in [1.807, 2.05) is 18.5 Å². The van der Waals surface area contributed by atoms with Gasteiger partial charge in [0.25, 0.3) is 0 Å². The third-order valence-electron chi connectivity index (χ3n) is 2.62. The molecule has 0 saturated carbocycles. The number of nitrogens with one attached hydrogen (secondary N) is 1. The molecule has 2 aromatic rings. The Bertz CT molecular complexity index is 507. The first-order chi connectivity index (χ1) is 8.19. The molecule has 2 heterocycles. The Morgan fingerprint density at radius 2 is 2.41 bits per heavy atom. The number of halogens is 1. The van der Waals surface area contributed by atoms with Gasteiger partial charge in [0.2, 0.25) is 0 Å². The van der Waals surface area contributed by atoms with Gasteiger partial charge in [-0.25, -0.2) is 10.4 Å². The van der Waals surface area contributed by atoms with Gasteiger partial charge in [0, 0.05) is 6.54 Å². The molecule has 3 N–H and O–H groups in total. The number of nitrogens with two attached hydrogens (primary N) is 1. The molecule has 0 radical (unpaired) electrons. The summed E-state index contributed by atoms with van der Waals surface area (Å²) in [4.78, 5) is 5.29. The third-order valence-corrected chi connectivity index (χ3v) is 3.90. The van der Waals surface area contributed by atoms with Gasteiger partial charge in [0.05, 0.1) is 33.0 Å². The second-order valence-electron chi connectivity index (χ2n) is 3.60. The Kier molecular flexibility index (Phi) is 3.78. The molecule has 0 aliphatic heterocycles. The van der Waals surface area contributed by atoms with Gasteiger partial charge in [-0.2, -0.15) is 5.10 Å². The molecule has 7 heteroatoms. The van der Waals surface area contributed by atoms with E-state index in [2.05, 4.69) is 15.5 Å². The predicted octanol–water partition coefficient (Wildman–Crippen LogP) is 1.87. The molecule has 0 spiro atoms. The van der Waals surface area contributed by atoms with Crippen molar-refractivity contribution in [3.05, 3.63) is 33.0 Å². The zero-order chi connectivity index (χ0) is 12.4. The fourth-order valence-corrected chi connectivity index (χ4v) is 2.89. The summed E-state index contributed by atoms with van der Waals surface area (Å²) >= 11 is 7.73. The van der Waals surface area contributed by atoms with E-state index in [-0.39, 0.29) is 6.04 Å². The van der Waals surface area contributed by atoms with Crippen LogP contribution in [0.4, 0.5) is 0 Å². The molecule has 5 nitrogen and oxygen atoms in total. The van der Waals surface area contributed by atoms with Crippen LogP contribution in [0, 0.1) is 6.92 Å². The minimum absolute atomic E-state index is 0.169. The summed E-state index contributed by atoms with van der Waals surface area (Å²) in [6, 6.07) is -0.169. The minimum atomic E-state index is -0.169. The van der Waals surface area contributed by atoms with Crippen molar-refractivity contribution in [3.63, 3.8) is 0 Å². The molecule has 0 aliphatic rings. The molecule has 2 aromatic heterocycles. The number of thiazole rings is 1. The van der Waals surface area contributed by atoms with Crippen LogP contribution in [-0.2, 0) is 6.54 Å². The molecule has 92 valence electrons. The van der Waals surface area contributed by atoms with Crippen molar-refractivity contribution in [2.24, 2.45) is 5.84 Å². The molecule has 0 amide bonds. The van der Waals surface area contributed by atoms with Gasteiger partial charge in [-0.1, -0.05) is 11.6 Å². The van der Waals surface area contributed by atoms with E-state index in [0.717, 1.165) is 22.8 Å². The summed E-state index contributed by atoms with van der Waals surface area (Å²) in [5.74, 6) is 5.65. The van der Waals surface area contributed by atoms with Crippen LogP contribution in [0.25, 0.3) is 0 Å². The molecule has 0 saturated heterocycles. The Morgan fingerprint density at radius 3 is 2.94 bits per heavy atom. The zero-order valence-corrected chi connectivity index (χ0v) is 11.2. The number of hydrogen-bond acceptors (Lipinski definition) is 5. The fourth-order valence-electron chi connectivity index (χ4n) is 1.78. The average molecular weight is 272 g/mol. The van der Waals surface area contributed by atoms with Crippen molar-refractivity contribution in [3.8, 4) is 0 Å². The lowest BCUT2D eigenvalue weighted by Crippen LogP contribution is -2.30. The lowest BCUT2D eigenvalue weighted by Gasteiger charge is -2.17. The van der Waals surface area contributed by atoms with Gasteiger partial charge >= 0.3 is 0 Å². The number of aryl methyl sites for hydroxylation is 2. The van der Waals surface area contributed by atoms with Gasteiger partial charge in [0.15, 0.2) is 0 Å². The summed E-state index contributed by atoms with van der Waals surface area (Å²) in [7, 11) is 0. The second-order valence-corrected chi connectivity index (χ2v) is 4.89. The van der Waals surface area contributed by atoms with Crippen LogP contribution in [-0.4, -0.2) is 14.8 Å². The van der Waals surface area contributed by atoms with E-state index in [0.29, 0.717) is 5.02 Å². The first kappa shape index (κ1) is 12.5. The number of hydrazine groups is 1. The molecule has 0 bridgehead atoms. The van der Waals surface area contributed by atoms with Crippen molar-refractivity contribution in [2.75, 3.05) is 0 Å². The highest BCUT2D eigenvalue weighted by Gasteiger charge is 2.23. The van der Waals surface area contributed by atoms with Gasteiger partial charge < -0.3 is 0 Å². The van der Waals surface area contributed by atoms with Crippen LogP contribution >= 0.6 is 22.9 Å². The fraction of sp³-hybridized carbons (Fsp3) is 0.400. The quantitative estimate of drug-likeness (QED) is 0.658. The Hall–Kier alpha value is -0.950. The molecule has 1 atom stereocenters. The highest BCUT2D eigenvalue weighted by molar-refractivity contribution is 7.09. The second kappa shape index (κ2) is 5.14. The van der Waals surface area contributed by atoms with E-state index >= 15 is 0 Å². The highest BCUT2D eigenvalue weighted by atomic mass is 35.5. The summed E-state index contributed by atoms with van der Waals surface area (Å²) in [6.07, 6.45) is 1.64. The predicted molar refractivity (Wildman–Crippen MR) is 68.9 cm³/mol. The minimum Gasteiger partial charge on any atom is -0.270 e. The maximum atomic E-state index is 6.17. The lowest BCUT2D eigenvalue weighted by molar-refractivity contribution is 0.546. The molecule has 0 fully saturated rings. The van der Waals surface area contributed by atoms with Crippen molar-refractivity contribution in [1.82, 2.24) is 20.2 Å². The molecular weight excluding hydrogens is 258 g/mol. The van der Waals surface area contributed by atoms with E-state index in [1.54, 1.807) is 23.0 Å². The van der Waals surface area contributed by atoms with Crippen LogP contribution in [0.1, 0.15) is 29.2 Å². The summed E-state index contributed by atoms with van der Waals surface area (Å²) in [5, 5.41) is 4.83. The smallest absolute Gasteiger partial charge is 0.100 e.